The molecule has 0 saturated carbocycles. The summed E-state index contributed by atoms with van der Waals surface area (Å²) in [7, 11) is 0. The highest BCUT2D eigenvalue weighted by atomic mass is 16.4. The van der Waals surface area contributed by atoms with Crippen LogP contribution < -0.4 is 10.6 Å². The summed E-state index contributed by atoms with van der Waals surface area (Å²) in [4.78, 5) is 43.6. The molecule has 0 heterocycles. The standard InChI is InChI=1S/C14H16N2O8/c17-11(18)5-9(13(21)22)15-7-3-1-2-4-8(7)16-10(14(23)24)6-12(19)20/h1-4,9-10,15-16H,5-6H2,(H,17,18)(H,19,20)(H,21,22)(H,23,24). The third-order valence-corrected chi connectivity index (χ3v) is 2.94. The van der Waals surface area contributed by atoms with Crippen molar-refractivity contribution in [2.45, 2.75) is 24.9 Å². The number of nitrogens with one attached hydrogen (secondary N) is 2. The summed E-state index contributed by atoms with van der Waals surface area (Å²) >= 11 is 0. The number of hydrogen-bond acceptors (Lipinski definition) is 6. The van der Waals surface area contributed by atoms with Gasteiger partial charge < -0.3 is 31.1 Å². The van der Waals surface area contributed by atoms with Gasteiger partial charge in [-0.05, 0) is 12.1 Å². The first kappa shape index (κ1) is 18.7. The third-order valence-electron chi connectivity index (χ3n) is 2.94. The third kappa shape index (κ3) is 5.83. The van der Waals surface area contributed by atoms with Crippen molar-refractivity contribution in [2.24, 2.45) is 0 Å². The maximum Gasteiger partial charge on any atom is 0.326 e. The summed E-state index contributed by atoms with van der Waals surface area (Å²) in [5, 5.41) is 40.5. The predicted octanol–water partition coefficient (Wildman–Crippen LogP) is 0.366. The quantitative estimate of drug-likeness (QED) is 0.349. The highest BCUT2D eigenvalue weighted by Gasteiger charge is 2.24. The Morgan fingerprint density at radius 2 is 1.08 bits per heavy atom. The Hall–Kier alpha value is -3.30. The molecule has 1 aromatic carbocycles. The predicted molar refractivity (Wildman–Crippen MR) is 81.0 cm³/mol. The Bertz CT molecular complexity index is 590. The van der Waals surface area contributed by atoms with Crippen LogP contribution in [-0.2, 0) is 19.2 Å². The van der Waals surface area contributed by atoms with E-state index in [1.807, 2.05) is 0 Å². The maximum absolute atomic E-state index is 11.1. The van der Waals surface area contributed by atoms with Gasteiger partial charge in [0.25, 0.3) is 0 Å². The van der Waals surface area contributed by atoms with Crippen LogP contribution in [0, 0.1) is 0 Å². The maximum atomic E-state index is 11.1. The molecule has 2 unspecified atom stereocenters. The number of benzene rings is 1. The van der Waals surface area contributed by atoms with Gasteiger partial charge in [0.1, 0.15) is 12.1 Å². The van der Waals surface area contributed by atoms with E-state index in [4.69, 9.17) is 20.4 Å². The van der Waals surface area contributed by atoms with Crippen LogP contribution in [0.2, 0.25) is 0 Å². The van der Waals surface area contributed by atoms with Gasteiger partial charge in [-0.1, -0.05) is 12.1 Å². The van der Waals surface area contributed by atoms with Crippen LogP contribution in [0.25, 0.3) is 0 Å². The molecular weight excluding hydrogens is 324 g/mol. The summed E-state index contributed by atoms with van der Waals surface area (Å²) < 4.78 is 0. The van der Waals surface area contributed by atoms with Gasteiger partial charge in [-0.25, -0.2) is 9.59 Å². The molecule has 0 amide bonds. The molecular formula is C14H16N2O8. The number of anilines is 2. The van der Waals surface area contributed by atoms with Crippen molar-refractivity contribution in [3.63, 3.8) is 0 Å². The molecule has 1 aromatic rings. The second kappa shape index (κ2) is 8.36. The molecule has 0 radical (unpaired) electrons. The summed E-state index contributed by atoms with van der Waals surface area (Å²) in [6, 6.07) is 3.02. The van der Waals surface area contributed by atoms with E-state index in [1.165, 1.54) is 24.3 Å². The van der Waals surface area contributed by atoms with E-state index >= 15 is 0 Å². The summed E-state index contributed by atoms with van der Waals surface area (Å²) in [5.41, 5.74) is 0.283. The number of hydrogen-bond donors (Lipinski definition) is 6. The Kier molecular flexibility index (Phi) is 6.53. The molecule has 0 aliphatic rings. The highest BCUT2D eigenvalue weighted by molar-refractivity contribution is 5.87. The van der Waals surface area contributed by atoms with Crippen molar-refractivity contribution >= 4 is 35.3 Å². The average Bonchev–Trinajstić information content (AvgIpc) is 2.46. The Balaban J connectivity index is 3.01. The van der Waals surface area contributed by atoms with E-state index in [0.29, 0.717) is 0 Å². The molecule has 2 atom stereocenters. The van der Waals surface area contributed by atoms with Crippen LogP contribution in [0.1, 0.15) is 12.8 Å². The van der Waals surface area contributed by atoms with E-state index < -0.39 is 48.8 Å². The molecule has 0 fully saturated rings. The van der Waals surface area contributed by atoms with Crippen LogP contribution >= 0.6 is 0 Å². The molecule has 1 rings (SSSR count). The normalized spacial score (nSPS) is 12.7. The Morgan fingerprint density at radius 1 is 0.750 bits per heavy atom. The minimum atomic E-state index is -1.44. The zero-order chi connectivity index (χ0) is 18.3. The lowest BCUT2D eigenvalue weighted by Crippen LogP contribution is -2.34. The first-order valence-electron chi connectivity index (χ1n) is 6.72. The molecule has 130 valence electrons. The number of carboxylic acid groups (broad SMARTS) is 4. The van der Waals surface area contributed by atoms with Crippen molar-refractivity contribution < 1.29 is 39.6 Å². The Labute approximate surface area is 135 Å². The first-order valence-corrected chi connectivity index (χ1v) is 6.72. The monoisotopic (exact) mass is 340 g/mol. The van der Waals surface area contributed by atoms with Crippen molar-refractivity contribution in [3.05, 3.63) is 24.3 Å². The van der Waals surface area contributed by atoms with Gasteiger partial charge in [-0.3, -0.25) is 9.59 Å². The van der Waals surface area contributed by atoms with Gasteiger partial charge in [0, 0.05) is 0 Å². The van der Waals surface area contributed by atoms with Crippen LogP contribution in [0.5, 0.6) is 0 Å². The molecule has 0 saturated heterocycles. The average molecular weight is 340 g/mol. The number of aliphatic carboxylic acids is 4. The minimum Gasteiger partial charge on any atom is -0.481 e. The second-order valence-corrected chi connectivity index (χ2v) is 4.81. The molecule has 10 nitrogen and oxygen atoms in total. The lowest BCUT2D eigenvalue weighted by atomic mass is 10.1. The van der Waals surface area contributed by atoms with Crippen molar-refractivity contribution in [1.29, 1.82) is 0 Å². The summed E-state index contributed by atoms with van der Waals surface area (Å²) in [6.07, 6.45) is -1.39. The molecule has 24 heavy (non-hydrogen) atoms. The SMILES string of the molecule is O=C(O)CC(Nc1ccccc1NC(CC(=O)O)C(=O)O)C(=O)O. The molecule has 0 aromatic heterocycles. The summed E-state index contributed by atoms with van der Waals surface area (Å²) in [6.45, 7) is 0. The lowest BCUT2D eigenvalue weighted by molar-refractivity contribution is -0.144. The van der Waals surface area contributed by atoms with E-state index in [-0.39, 0.29) is 11.4 Å². The van der Waals surface area contributed by atoms with E-state index in [9.17, 15) is 19.2 Å². The molecule has 0 aliphatic carbocycles. The van der Waals surface area contributed by atoms with Crippen LogP contribution in [0.15, 0.2) is 24.3 Å². The fourth-order valence-corrected chi connectivity index (χ4v) is 1.86. The lowest BCUT2D eigenvalue weighted by Gasteiger charge is -2.20. The molecule has 10 heteroatoms. The Morgan fingerprint density at radius 3 is 1.33 bits per heavy atom. The fourth-order valence-electron chi connectivity index (χ4n) is 1.86. The van der Waals surface area contributed by atoms with Crippen molar-refractivity contribution in [1.82, 2.24) is 0 Å². The molecule has 0 bridgehead atoms. The van der Waals surface area contributed by atoms with Gasteiger partial charge in [-0.2, -0.15) is 0 Å². The number of carbonyl (C=O) groups is 4. The van der Waals surface area contributed by atoms with E-state index in [1.54, 1.807) is 0 Å². The molecule has 0 aliphatic heterocycles. The second-order valence-electron chi connectivity index (χ2n) is 4.81. The van der Waals surface area contributed by atoms with Gasteiger partial charge in [-0.15, -0.1) is 0 Å². The topological polar surface area (TPSA) is 173 Å². The van der Waals surface area contributed by atoms with Gasteiger partial charge in [0.2, 0.25) is 0 Å². The smallest absolute Gasteiger partial charge is 0.326 e. The largest absolute Gasteiger partial charge is 0.481 e. The van der Waals surface area contributed by atoms with Crippen molar-refractivity contribution in [2.75, 3.05) is 10.6 Å². The molecule has 6 N–H and O–H groups in total. The number of para-hydroxylation sites is 2. The highest BCUT2D eigenvalue weighted by Crippen LogP contribution is 2.24. The molecule has 0 spiro atoms. The van der Waals surface area contributed by atoms with E-state index in [2.05, 4.69) is 10.6 Å². The van der Waals surface area contributed by atoms with Gasteiger partial charge >= 0.3 is 23.9 Å². The van der Waals surface area contributed by atoms with Crippen molar-refractivity contribution in [3.8, 4) is 0 Å². The zero-order valence-electron chi connectivity index (χ0n) is 12.3. The number of rotatable bonds is 10. The fraction of sp³-hybridized carbons (Fsp3) is 0.286. The minimum absolute atomic E-state index is 0.141. The first-order chi connectivity index (χ1) is 11.2. The summed E-state index contributed by atoms with van der Waals surface area (Å²) in [5.74, 6) is -5.44. The van der Waals surface area contributed by atoms with Crippen LogP contribution in [-0.4, -0.2) is 56.4 Å². The van der Waals surface area contributed by atoms with E-state index in [0.717, 1.165) is 0 Å². The van der Waals surface area contributed by atoms with Gasteiger partial charge in [0.05, 0.1) is 24.2 Å². The van der Waals surface area contributed by atoms with Crippen LogP contribution in [0.3, 0.4) is 0 Å². The number of carboxylic acids is 4. The van der Waals surface area contributed by atoms with Gasteiger partial charge in [0.15, 0.2) is 0 Å². The van der Waals surface area contributed by atoms with Crippen LogP contribution in [0.4, 0.5) is 11.4 Å². The zero-order valence-corrected chi connectivity index (χ0v) is 12.3.